The van der Waals surface area contributed by atoms with E-state index >= 15 is 0 Å². The molecule has 146 valence electrons. The van der Waals surface area contributed by atoms with Crippen molar-refractivity contribution < 1.29 is 14.3 Å². The van der Waals surface area contributed by atoms with Gasteiger partial charge in [0.2, 0.25) is 0 Å². The summed E-state index contributed by atoms with van der Waals surface area (Å²) in [6, 6.07) is 17.5. The molecule has 0 aromatic heterocycles. The molecule has 1 saturated heterocycles. The predicted octanol–water partition coefficient (Wildman–Crippen LogP) is 6.03. The summed E-state index contributed by atoms with van der Waals surface area (Å²) >= 11 is 10.3. The highest BCUT2D eigenvalue weighted by Gasteiger charge is 2.34. The second-order valence-electron chi connectivity index (χ2n) is 6.25. The lowest BCUT2D eigenvalue weighted by molar-refractivity contribution is -0.113. The lowest BCUT2D eigenvalue weighted by atomic mass is 10.1. The van der Waals surface area contributed by atoms with Crippen LogP contribution in [0.2, 0.25) is 0 Å². The summed E-state index contributed by atoms with van der Waals surface area (Å²) < 4.78 is 12.0. The first-order valence-electron chi connectivity index (χ1n) is 8.70. The molecule has 0 saturated carbocycles. The number of fused-ring (bicyclic) bond motifs is 1. The number of rotatable bonds is 4. The Morgan fingerprint density at radius 1 is 1.07 bits per heavy atom. The molecule has 1 aliphatic rings. The van der Waals surface area contributed by atoms with Crippen LogP contribution in [0.1, 0.15) is 5.56 Å². The SMILES string of the molecule is COc1cc(/C=C2\SC(=S)N(c3cccc4ccccc34)C2=O)cc(Br)c1OC. The molecule has 0 radical (unpaired) electrons. The predicted molar refractivity (Wildman–Crippen MR) is 127 cm³/mol. The van der Waals surface area contributed by atoms with Crippen LogP contribution >= 0.6 is 39.9 Å². The molecule has 0 aliphatic carbocycles. The molecule has 1 amide bonds. The van der Waals surface area contributed by atoms with Gasteiger partial charge in [-0.1, -0.05) is 60.4 Å². The van der Waals surface area contributed by atoms with Gasteiger partial charge in [0, 0.05) is 5.39 Å². The molecule has 0 bridgehead atoms. The summed E-state index contributed by atoms with van der Waals surface area (Å²) in [7, 11) is 3.16. The van der Waals surface area contributed by atoms with E-state index in [1.54, 1.807) is 19.1 Å². The van der Waals surface area contributed by atoms with Gasteiger partial charge < -0.3 is 9.47 Å². The molecule has 29 heavy (non-hydrogen) atoms. The minimum absolute atomic E-state index is 0.137. The Balaban J connectivity index is 1.75. The third kappa shape index (κ3) is 3.66. The van der Waals surface area contributed by atoms with Gasteiger partial charge in [-0.3, -0.25) is 9.69 Å². The first kappa shape index (κ1) is 19.9. The molecule has 4 nitrogen and oxygen atoms in total. The molecule has 3 aromatic carbocycles. The van der Waals surface area contributed by atoms with Crippen LogP contribution in [-0.2, 0) is 4.79 Å². The summed E-state index contributed by atoms with van der Waals surface area (Å²) in [6.45, 7) is 0. The van der Waals surface area contributed by atoms with Crippen LogP contribution in [0.4, 0.5) is 5.69 Å². The van der Waals surface area contributed by atoms with Crippen LogP contribution in [0.5, 0.6) is 11.5 Å². The standard InChI is InChI=1S/C22H16BrNO3S2/c1-26-18-11-13(10-16(23)20(18)27-2)12-19-21(25)24(22(28)29-19)17-9-5-7-14-6-3-4-8-15(14)17/h3-12H,1-2H3/b19-12-. The Labute approximate surface area is 186 Å². The second kappa shape index (κ2) is 8.18. The summed E-state index contributed by atoms with van der Waals surface area (Å²) in [5.41, 5.74) is 1.61. The molecule has 7 heteroatoms. The highest BCUT2D eigenvalue weighted by molar-refractivity contribution is 9.10. The molecule has 1 aliphatic heterocycles. The zero-order chi connectivity index (χ0) is 20.5. The molecule has 0 unspecified atom stereocenters. The number of thioether (sulfide) groups is 1. The van der Waals surface area contributed by atoms with Crippen molar-refractivity contribution in [2.24, 2.45) is 0 Å². The summed E-state index contributed by atoms with van der Waals surface area (Å²) in [5, 5.41) is 2.05. The number of benzene rings is 3. The molecule has 4 rings (SSSR count). The number of carbonyl (C=O) groups excluding carboxylic acids is 1. The molecule has 0 atom stereocenters. The number of carbonyl (C=O) groups is 1. The fraction of sp³-hybridized carbons (Fsp3) is 0.0909. The lowest BCUT2D eigenvalue weighted by Crippen LogP contribution is -2.27. The highest BCUT2D eigenvalue weighted by atomic mass is 79.9. The van der Waals surface area contributed by atoms with Crippen LogP contribution in [0.25, 0.3) is 16.8 Å². The Morgan fingerprint density at radius 2 is 1.83 bits per heavy atom. The van der Waals surface area contributed by atoms with E-state index in [9.17, 15) is 4.79 Å². The van der Waals surface area contributed by atoms with Gasteiger partial charge in [0.25, 0.3) is 5.91 Å². The minimum atomic E-state index is -0.137. The van der Waals surface area contributed by atoms with Crippen LogP contribution in [0.3, 0.4) is 0 Å². The van der Waals surface area contributed by atoms with Gasteiger partial charge in [-0.05, 0) is 51.2 Å². The maximum absolute atomic E-state index is 13.2. The van der Waals surface area contributed by atoms with Crippen molar-refractivity contribution in [1.29, 1.82) is 0 Å². The van der Waals surface area contributed by atoms with E-state index < -0.39 is 0 Å². The van der Waals surface area contributed by atoms with Crippen molar-refractivity contribution in [2.45, 2.75) is 0 Å². The molecule has 3 aromatic rings. The van der Waals surface area contributed by atoms with Crippen molar-refractivity contribution in [3.63, 3.8) is 0 Å². The number of methoxy groups -OCH3 is 2. The van der Waals surface area contributed by atoms with Gasteiger partial charge in [0.15, 0.2) is 15.8 Å². The number of hydrogen-bond donors (Lipinski definition) is 0. The normalized spacial score (nSPS) is 15.4. The van der Waals surface area contributed by atoms with Gasteiger partial charge in [-0.2, -0.15) is 0 Å². The average Bonchev–Trinajstić information content (AvgIpc) is 3.00. The second-order valence-corrected chi connectivity index (χ2v) is 8.78. The monoisotopic (exact) mass is 485 g/mol. The van der Waals surface area contributed by atoms with Gasteiger partial charge >= 0.3 is 0 Å². The van der Waals surface area contributed by atoms with Crippen LogP contribution in [0.15, 0.2) is 64.0 Å². The molecule has 0 spiro atoms. The number of halogens is 1. The maximum Gasteiger partial charge on any atom is 0.270 e. The van der Waals surface area contributed by atoms with E-state index in [1.807, 2.05) is 60.7 Å². The Morgan fingerprint density at radius 3 is 2.59 bits per heavy atom. The van der Waals surface area contributed by atoms with Gasteiger partial charge in [0.1, 0.15) is 0 Å². The Kier molecular flexibility index (Phi) is 5.63. The van der Waals surface area contributed by atoms with Crippen molar-refractivity contribution in [3.05, 3.63) is 69.5 Å². The molecule has 1 heterocycles. The van der Waals surface area contributed by atoms with E-state index in [0.29, 0.717) is 20.7 Å². The molecule has 0 N–H and O–H groups in total. The zero-order valence-electron chi connectivity index (χ0n) is 15.6. The first-order chi connectivity index (χ1) is 14.0. The summed E-state index contributed by atoms with van der Waals surface area (Å²) in [5.74, 6) is 1.05. The number of thiocarbonyl (C=S) groups is 1. The van der Waals surface area contributed by atoms with E-state index in [4.69, 9.17) is 21.7 Å². The molecular weight excluding hydrogens is 470 g/mol. The average molecular weight is 486 g/mol. The third-order valence-electron chi connectivity index (χ3n) is 4.55. The van der Waals surface area contributed by atoms with Crippen molar-refractivity contribution in [2.75, 3.05) is 19.1 Å². The van der Waals surface area contributed by atoms with Gasteiger partial charge in [-0.25, -0.2) is 0 Å². The van der Waals surface area contributed by atoms with Crippen molar-refractivity contribution in [3.8, 4) is 11.5 Å². The topological polar surface area (TPSA) is 38.8 Å². The fourth-order valence-corrected chi connectivity index (χ4v) is 5.16. The van der Waals surface area contributed by atoms with Crippen LogP contribution in [0, 0.1) is 0 Å². The smallest absolute Gasteiger partial charge is 0.270 e. The minimum Gasteiger partial charge on any atom is -0.493 e. The Bertz CT molecular complexity index is 1170. The van der Waals surface area contributed by atoms with Gasteiger partial charge in [-0.15, -0.1) is 0 Å². The lowest BCUT2D eigenvalue weighted by Gasteiger charge is -2.17. The number of ether oxygens (including phenoxy) is 2. The highest BCUT2D eigenvalue weighted by Crippen LogP contribution is 2.41. The number of anilines is 1. The quantitative estimate of drug-likeness (QED) is 0.333. The van der Waals surface area contributed by atoms with Crippen LogP contribution < -0.4 is 14.4 Å². The third-order valence-corrected chi connectivity index (χ3v) is 6.45. The fourth-order valence-electron chi connectivity index (χ4n) is 3.25. The molecule has 1 fully saturated rings. The van der Waals surface area contributed by atoms with E-state index in [2.05, 4.69) is 15.9 Å². The van der Waals surface area contributed by atoms with E-state index in [0.717, 1.165) is 26.5 Å². The summed E-state index contributed by atoms with van der Waals surface area (Å²) in [4.78, 5) is 15.4. The van der Waals surface area contributed by atoms with E-state index in [-0.39, 0.29) is 5.91 Å². The number of hydrogen-bond acceptors (Lipinski definition) is 5. The maximum atomic E-state index is 13.2. The molecular formula is C22H16BrNO3S2. The van der Waals surface area contributed by atoms with E-state index in [1.165, 1.54) is 11.8 Å². The number of amides is 1. The summed E-state index contributed by atoms with van der Waals surface area (Å²) in [6.07, 6.45) is 1.82. The largest absolute Gasteiger partial charge is 0.493 e. The first-order valence-corrected chi connectivity index (χ1v) is 10.7. The van der Waals surface area contributed by atoms with Crippen LogP contribution in [-0.4, -0.2) is 24.4 Å². The van der Waals surface area contributed by atoms with Crippen molar-refractivity contribution >= 4 is 72.7 Å². The zero-order valence-corrected chi connectivity index (χ0v) is 18.9. The number of nitrogens with zero attached hydrogens (tertiary/aromatic N) is 1. The Hall–Kier alpha value is -2.35. The van der Waals surface area contributed by atoms with Gasteiger partial charge in [0.05, 0.1) is 29.3 Å². The van der Waals surface area contributed by atoms with Crippen molar-refractivity contribution in [1.82, 2.24) is 0 Å².